The van der Waals surface area contributed by atoms with E-state index in [-0.39, 0.29) is 0 Å². The second kappa shape index (κ2) is 8.29. The van der Waals surface area contributed by atoms with Crippen molar-refractivity contribution in [2.24, 2.45) is 0 Å². The summed E-state index contributed by atoms with van der Waals surface area (Å²) in [5.41, 5.74) is 0. The lowest BCUT2D eigenvalue weighted by Gasteiger charge is -2.20. The lowest BCUT2D eigenvalue weighted by atomic mass is 10.2. The molecule has 1 fully saturated rings. The maximum absolute atomic E-state index is 12.0. The lowest BCUT2D eigenvalue weighted by molar-refractivity contribution is 0.414. The maximum Gasteiger partial charge on any atom is 0.279 e. The number of unbranched alkanes of at least 4 members (excludes halogenated alkanes) is 2. The zero-order chi connectivity index (χ0) is 12.6. The van der Waals surface area contributed by atoms with Gasteiger partial charge in [0.25, 0.3) is 10.2 Å². The van der Waals surface area contributed by atoms with Crippen molar-refractivity contribution < 1.29 is 8.42 Å². The average Bonchev–Trinajstić information content (AvgIpc) is 2.57. The van der Waals surface area contributed by atoms with E-state index in [1.54, 1.807) is 4.31 Å². The molecule has 0 saturated carbocycles. The number of hydrogen-bond donors (Lipinski definition) is 1. The van der Waals surface area contributed by atoms with Crippen LogP contribution in [0.3, 0.4) is 0 Å². The third-order valence-corrected chi connectivity index (χ3v) is 4.88. The number of halogens is 1. The molecule has 1 heterocycles. The van der Waals surface area contributed by atoms with Gasteiger partial charge >= 0.3 is 0 Å². The molecular weight excluding hydrogens is 260 g/mol. The van der Waals surface area contributed by atoms with Crippen molar-refractivity contribution in [1.82, 2.24) is 9.03 Å². The highest BCUT2D eigenvalue weighted by Crippen LogP contribution is 2.12. The van der Waals surface area contributed by atoms with Crippen LogP contribution in [0.4, 0.5) is 0 Å². The molecule has 1 saturated heterocycles. The van der Waals surface area contributed by atoms with E-state index in [0.717, 1.165) is 44.9 Å². The van der Waals surface area contributed by atoms with Crippen molar-refractivity contribution in [2.75, 3.05) is 25.5 Å². The number of nitrogens with zero attached hydrogens (tertiary/aromatic N) is 1. The summed E-state index contributed by atoms with van der Waals surface area (Å²) >= 11 is 5.56. The fourth-order valence-corrected chi connectivity index (χ4v) is 3.48. The van der Waals surface area contributed by atoms with Crippen molar-refractivity contribution in [2.45, 2.75) is 44.9 Å². The van der Waals surface area contributed by atoms with Crippen LogP contribution in [0, 0.1) is 0 Å². The Morgan fingerprint density at radius 3 is 2.24 bits per heavy atom. The van der Waals surface area contributed by atoms with Gasteiger partial charge in [-0.05, 0) is 25.7 Å². The zero-order valence-electron chi connectivity index (χ0n) is 10.3. The van der Waals surface area contributed by atoms with E-state index in [4.69, 9.17) is 11.6 Å². The van der Waals surface area contributed by atoms with Crippen molar-refractivity contribution in [1.29, 1.82) is 0 Å². The summed E-state index contributed by atoms with van der Waals surface area (Å²) in [5.74, 6) is 0.652. The summed E-state index contributed by atoms with van der Waals surface area (Å²) < 4.78 is 28.2. The van der Waals surface area contributed by atoms with Crippen LogP contribution >= 0.6 is 11.6 Å². The van der Waals surface area contributed by atoms with E-state index in [1.807, 2.05) is 0 Å². The summed E-state index contributed by atoms with van der Waals surface area (Å²) in [6.45, 7) is 1.85. The molecule has 0 spiro atoms. The highest BCUT2D eigenvalue weighted by Gasteiger charge is 2.21. The van der Waals surface area contributed by atoms with Gasteiger partial charge in [0.15, 0.2) is 0 Å². The summed E-state index contributed by atoms with van der Waals surface area (Å²) in [6, 6.07) is 0. The van der Waals surface area contributed by atoms with Gasteiger partial charge in [-0.1, -0.05) is 19.3 Å². The number of nitrogens with one attached hydrogen (secondary N) is 1. The van der Waals surface area contributed by atoms with Crippen LogP contribution in [0.5, 0.6) is 0 Å². The predicted molar refractivity (Wildman–Crippen MR) is 71.5 cm³/mol. The minimum Gasteiger partial charge on any atom is -0.202 e. The first-order chi connectivity index (χ1) is 8.17. The van der Waals surface area contributed by atoms with Gasteiger partial charge in [0, 0.05) is 25.5 Å². The van der Waals surface area contributed by atoms with Crippen LogP contribution in [0.1, 0.15) is 44.9 Å². The van der Waals surface area contributed by atoms with E-state index in [9.17, 15) is 8.42 Å². The number of alkyl halides is 1. The van der Waals surface area contributed by atoms with Crippen molar-refractivity contribution in [3.63, 3.8) is 0 Å². The molecule has 0 radical (unpaired) electrons. The van der Waals surface area contributed by atoms with E-state index in [1.165, 1.54) is 0 Å². The Hall–Kier alpha value is 0.160. The Bertz CT molecular complexity index is 288. The minimum atomic E-state index is -3.24. The highest BCUT2D eigenvalue weighted by molar-refractivity contribution is 7.87. The molecule has 102 valence electrons. The molecule has 1 N–H and O–H groups in total. The quantitative estimate of drug-likeness (QED) is 0.574. The molecule has 0 aromatic heterocycles. The summed E-state index contributed by atoms with van der Waals surface area (Å²) in [7, 11) is -3.24. The molecule has 0 bridgehead atoms. The van der Waals surface area contributed by atoms with Crippen LogP contribution < -0.4 is 4.72 Å². The second-order valence-electron chi connectivity index (χ2n) is 4.46. The molecule has 6 heteroatoms. The van der Waals surface area contributed by atoms with E-state index < -0.39 is 10.2 Å². The van der Waals surface area contributed by atoms with Crippen molar-refractivity contribution in [3.05, 3.63) is 0 Å². The summed E-state index contributed by atoms with van der Waals surface area (Å²) in [4.78, 5) is 0. The molecule has 1 rings (SSSR count). The van der Waals surface area contributed by atoms with Crippen LogP contribution in [-0.4, -0.2) is 38.2 Å². The van der Waals surface area contributed by atoms with Gasteiger partial charge in [0.1, 0.15) is 0 Å². The van der Waals surface area contributed by atoms with Crippen LogP contribution in [0.25, 0.3) is 0 Å². The molecular formula is C11H23ClN2O2S. The van der Waals surface area contributed by atoms with Gasteiger partial charge in [0.2, 0.25) is 0 Å². The standard InChI is InChI=1S/C11H23ClN2O2S/c12-8-4-3-5-9-13-17(15,16)14-10-6-1-2-7-11-14/h13H,1-11H2. The SMILES string of the molecule is O=S(=O)(NCCCCCCl)N1CCCCCC1. The number of hydrogen-bond acceptors (Lipinski definition) is 2. The zero-order valence-corrected chi connectivity index (χ0v) is 11.9. The van der Waals surface area contributed by atoms with Gasteiger partial charge in [-0.15, -0.1) is 11.6 Å². The molecule has 0 aliphatic carbocycles. The Morgan fingerprint density at radius 2 is 1.65 bits per heavy atom. The Labute approximate surface area is 110 Å². The average molecular weight is 283 g/mol. The van der Waals surface area contributed by atoms with E-state index in [2.05, 4.69) is 4.72 Å². The molecule has 0 amide bonds. The Balaban J connectivity index is 2.28. The van der Waals surface area contributed by atoms with Crippen LogP contribution in [0.15, 0.2) is 0 Å². The molecule has 0 aromatic rings. The smallest absolute Gasteiger partial charge is 0.202 e. The minimum absolute atomic E-state index is 0.524. The van der Waals surface area contributed by atoms with Crippen LogP contribution in [0.2, 0.25) is 0 Å². The van der Waals surface area contributed by atoms with Crippen LogP contribution in [-0.2, 0) is 10.2 Å². The summed E-state index contributed by atoms with van der Waals surface area (Å²) in [6.07, 6.45) is 7.03. The number of rotatable bonds is 7. The van der Waals surface area contributed by atoms with Gasteiger partial charge in [-0.2, -0.15) is 12.7 Å². The van der Waals surface area contributed by atoms with E-state index in [0.29, 0.717) is 25.5 Å². The fraction of sp³-hybridized carbons (Fsp3) is 1.00. The monoisotopic (exact) mass is 282 g/mol. The molecule has 0 unspecified atom stereocenters. The van der Waals surface area contributed by atoms with Crippen molar-refractivity contribution >= 4 is 21.8 Å². The topological polar surface area (TPSA) is 49.4 Å². The van der Waals surface area contributed by atoms with Gasteiger partial charge < -0.3 is 0 Å². The Morgan fingerprint density at radius 1 is 1.00 bits per heavy atom. The predicted octanol–water partition coefficient (Wildman–Crippen LogP) is 2.11. The molecule has 0 aromatic carbocycles. The second-order valence-corrected chi connectivity index (χ2v) is 6.60. The van der Waals surface area contributed by atoms with Gasteiger partial charge in [0.05, 0.1) is 0 Å². The molecule has 4 nitrogen and oxygen atoms in total. The Kier molecular flexibility index (Phi) is 7.43. The fourth-order valence-electron chi connectivity index (χ4n) is 1.97. The van der Waals surface area contributed by atoms with Crippen molar-refractivity contribution in [3.8, 4) is 0 Å². The first kappa shape index (κ1) is 15.2. The molecule has 17 heavy (non-hydrogen) atoms. The summed E-state index contributed by atoms with van der Waals surface area (Å²) in [5, 5.41) is 0. The normalized spacial score (nSPS) is 19.1. The molecule has 0 atom stereocenters. The van der Waals surface area contributed by atoms with Gasteiger partial charge in [-0.3, -0.25) is 0 Å². The first-order valence-electron chi connectivity index (χ1n) is 6.47. The third kappa shape index (κ3) is 6.04. The van der Waals surface area contributed by atoms with Gasteiger partial charge in [-0.25, -0.2) is 4.72 Å². The molecule has 1 aliphatic heterocycles. The van der Waals surface area contributed by atoms with E-state index >= 15 is 0 Å². The molecule has 1 aliphatic rings. The lowest BCUT2D eigenvalue weighted by Crippen LogP contribution is -2.41. The first-order valence-corrected chi connectivity index (χ1v) is 8.45. The third-order valence-electron chi connectivity index (χ3n) is 3.00. The highest BCUT2D eigenvalue weighted by atomic mass is 35.5. The largest absolute Gasteiger partial charge is 0.279 e. The maximum atomic E-state index is 12.0.